The van der Waals surface area contributed by atoms with E-state index in [9.17, 15) is 0 Å². The van der Waals surface area contributed by atoms with Gasteiger partial charge in [0, 0.05) is 12.1 Å². The molecule has 17 heavy (non-hydrogen) atoms. The molecular formula is C11H14BrNO4. The second-order valence-electron chi connectivity index (χ2n) is 3.43. The summed E-state index contributed by atoms with van der Waals surface area (Å²) in [5, 5.41) is 0. The van der Waals surface area contributed by atoms with Crippen molar-refractivity contribution in [3.63, 3.8) is 0 Å². The molecule has 0 spiro atoms. The van der Waals surface area contributed by atoms with Gasteiger partial charge in [0.05, 0.1) is 14.2 Å². The molecular weight excluding hydrogens is 290 g/mol. The normalized spacial score (nSPS) is 13.6. The number of fused-ring (bicyclic) bond motifs is 1. The van der Waals surface area contributed by atoms with E-state index in [1.54, 1.807) is 14.2 Å². The third-order valence-electron chi connectivity index (χ3n) is 2.42. The first kappa shape index (κ1) is 12.5. The second-order valence-corrected chi connectivity index (χ2v) is 4.23. The molecule has 1 aliphatic heterocycles. The van der Waals surface area contributed by atoms with Gasteiger partial charge in [-0.15, -0.1) is 0 Å². The summed E-state index contributed by atoms with van der Waals surface area (Å²) in [5.74, 6) is 2.13. The first-order chi connectivity index (χ1) is 8.27. The lowest BCUT2D eigenvalue weighted by molar-refractivity contribution is 0.0858. The van der Waals surface area contributed by atoms with E-state index in [4.69, 9.17) is 19.0 Å². The van der Waals surface area contributed by atoms with Crippen molar-refractivity contribution in [1.29, 1.82) is 0 Å². The lowest BCUT2D eigenvalue weighted by Crippen LogP contribution is -2.17. The predicted octanol–water partition coefficient (Wildman–Crippen LogP) is 1.88. The van der Waals surface area contributed by atoms with Gasteiger partial charge in [-0.25, -0.2) is 0 Å². The van der Waals surface area contributed by atoms with Crippen molar-refractivity contribution in [2.45, 2.75) is 6.54 Å². The van der Waals surface area contributed by atoms with Crippen molar-refractivity contribution in [2.75, 3.05) is 27.4 Å². The Kier molecular flexibility index (Phi) is 4.09. The maximum absolute atomic E-state index is 5.55. The van der Waals surface area contributed by atoms with Gasteiger partial charge in [0.2, 0.25) is 0 Å². The molecule has 94 valence electrons. The van der Waals surface area contributed by atoms with E-state index in [1.165, 1.54) is 0 Å². The Morgan fingerprint density at radius 1 is 1.35 bits per heavy atom. The minimum Gasteiger partial charge on any atom is -0.495 e. The summed E-state index contributed by atoms with van der Waals surface area (Å²) in [6.45, 7) is 1.63. The Morgan fingerprint density at radius 3 is 2.82 bits per heavy atom. The predicted molar refractivity (Wildman–Crippen MR) is 65.5 cm³/mol. The first-order valence-corrected chi connectivity index (χ1v) is 5.98. The Balaban J connectivity index is 2.40. The number of hydrogen-bond acceptors (Lipinski definition) is 5. The van der Waals surface area contributed by atoms with Gasteiger partial charge in [-0.2, -0.15) is 5.48 Å². The highest BCUT2D eigenvalue weighted by Gasteiger charge is 2.21. The molecule has 0 aliphatic carbocycles. The Morgan fingerprint density at radius 2 is 2.12 bits per heavy atom. The van der Waals surface area contributed by atoms with Crippen molar-refractivity contribution in [3.05, 3.63) is 16.1 Å². The van der Waals surface area contributed by atoms with E-state index in [1.807, 2.05) is 6.07 Å². The molecule has 1 aromatic carbocycles. The second kappa shape index (κ2) is 5.57. The van der Waals surface area contributed by atoms with Gasteiger partial charge in [0.15, 0.2) is 11.5 Å². The van der Waals surface area contributed by atoms with Crippen LogP contribution in [0.3, 0.4) is 0 Å². The molecule has 0 atom stereocenters. The third-order valence-corrected chi connectivity index (χ3v) is 3.14. The van der Waals surface area contributed by atoms with E-state index in [2.05, 4.69) is 21.4 Å². The average Bonchev–Trinajstić information content (AvgIpc) is 2.36. The van der Waals surface area contributed by atoms with Crippen LogP contribution in [0.15, 0.2) is 10.5 Å². The van der Waals surface area contributed by atoms with E-state index in [0.29, 0.717) is 25.5 Å². The van der Waals surface area contributed by atoms with Crippen LogP contribution < -0.4 is 19.7 Å². The highest BCUT2D eigenvalue weighted by Crippen LogP contribution is 2.45. The van der Waals surface area contributed by atoms with Crippen LogP contribution in [0.4, 0.5) is 0 Å². The third kappa shape index (κ3) is 2.48. The fourth-order valence-corrected chi connectivity index (χ4v) is 2.41. The lowest BCUT2D eigenvalue weighted by atomic mass is 10.1. The summed E-state index contributed by atoms with van der Waals surface area (Å²) in [7, 11) is 3.19. The van der Waals surface area contributed by atoms with Gasteiger partial charge in [-0.1, -0.05) is 0 Å². The van der Waals surface area contributed by atoms with Gasteiger partial charge in [-0.3, -0.25) is 0 Å². The summed E-state index contributed by atoms with van der Waals surface area (Å²) >= 11 is 3.47. The van der Waals surface area contributed by atoms with Crippen molar-refractivity contribution in [2.24, 2.45) is 0 Å². The molecule has 0 amide bonds. The van der Waals surface area contributed by atoms with Crippen molar-refractivity contribution in [3.8, 4) is 17.2 Å². The summed E-state index contributed by atoms with van der Waals surface area (Å²) in [5.41, 5.74) is 3.71. The molecule has 0 radical (unpaired) electrons. The van der Waals surface area contributed by atoms with Crippen LogP contribution in [0.25, 0.3) is 0 Å². The number of ether oxygens (including phenoxy) is 3. The van der Waals surface area contributed by atoms with Gasteiger partial charge in [0.25, 0.3) is 0 Å². The zero-order valence-corrected chi connectivity index (χ0v) is 11.3. The molecule has 0 aromatic heterocycles. The standard InChI is InChI=1S/C11H14BrNO4/c1-14-10-7(6-13-15-2)5-8-11(9(10)12)17-4-3-16-8/h5,13H,3-4,6H2,1-2H3. The van der Waals surface area contributed by atoms with E-state index < -0.39 is 0 Å². The number of hydrogen-bond donors (Lipinski definition) is 1. The van der Waals surface area contributed by atoms with Gasteiger partial charge >= 0.3 is 0 Å². The van der Waals surface area contributed by atoms with Crippen molar-refractivity contribution in [1.82, 2.24) is 5.48 Å². The van der Waals surface area contributed by atoms with Gasteiger partial charge in [-0.05, 0) is 22.0 Å². The van der Waals surface area contributed by atoms with Crippen LogP contribution in [-0.4, -0.2) is 27.4 Å². The zero-order chi connectivity index (χ0) is 12.3. The van der Waals surface area contributed by atoms with E-state index in [-0.39, 0.29) is 0 Å². The molecule has 0 saturated carbocycles. The van der Waals surface area contributed by atoms with E-state index in [0.717, 1.165) is 21.5 Å². The average molecular weight is 304 g/mol. The van der Waals surface area contributed by atoms with Gasteiger partial charge in [0.1, 0.15) is 23.4 Å². The maximum atomic E-state index is 5.55. The SMILES string of the molecule is CONCc1cc2c(c(Br)c1OC)OCCO2. The number of hydroxylamine groups is 1. The molecule has 0 fully saturated rings. The molecule has 0 bridgehead atoms. The van der Waals surface area contributed by atoms with E-state index >= 15 is 0 Å². The fraction of sp³-hybridized carbons (Fsp3) is 0.455. The number of methoxy groups -OCH3 is 1. The largest absolute Gasteiger partial charge is 0.495 e. The summed E-state index contributed by atoms with van der Waals surface area (Å²) < 4.78 is 17.2. The molecule has 2 rings (SSSR count). The minimum atomic E-state index is 0.523. The smallest absolute Gasteiger partial charge is 0.179 e. The van der Waals surface area contributed by atoms with Crippen molar-refractivity contribution >= 4 is 15.9 Å². The molecule has 1 aliphatic rings. The highest BCUT2D eigenvalue weighted by atomic mass is 79.9. The molecule has 1 heterocycles. The van der Waals surface area contributed by atoms with Crippen LogP contribution >= 0.6 is 15.9 Å². The minimum absolute atomic E-state index is 0.523. The number of benzene rings is 1. The van der Waals surface area contributed by atoms with Crippen LogP contribution in [0.1, 0.15) is 5.56 Å². The molecule has 6 heteroatoms. The Bertz CT molecular complexity index is 411. The Hall–Kier alpha value is -0.980. The molecule has 1 N–H and O–H groups in total. The molecule has 0 unspecified atom stereocenters. The number of halogens is 1. The van der Waals surface area contributed by atoms with Crippen LogP contribution in [0.2, 0.25) is 0 Å². The maximum Gasteiger partial charge on any atom is 0.179 e. The van der Waals surface area contributed by atoms with Crippen LogP contribution in [-0.2, 0) is 11.4 Å². The summed E-state index contributed by atoms with van der Waals surface area (Å²) in [6.07, 6.45) is 0. The van der Waals surface area contributed by atoms with Crippen molar-refractivity contribution < 1.29 is 19.0 Å². The summed E-state index contributed by atoms with van der Waals surface area (Å²) in [6, 6.07) is 1.89. The topological polar surface area (TPSA) is 49.0 Å². The molecule has 5 nitrogen and oxygen atoms in total. The number of rotatable bonds is 4. The monoisotopic (exact) mass is 303 g/mol. The number of nitrogens with one attached hydrogen (secondary N) is 1. The first-order valence-electron chi connectivity index (χ1n) is 5.18. The van der Waals surface area contributed by atoms with Crippen LogP contribution in [0, 0.1) is 0 Å². The Labute approximate surface area is 108 Å². The fourth-order valence-electron chi connectivity index (χ4n) is 1.68. The lowest BCUT2D eigenvalue weighted by Gasteiger charge is -2.22. The highest BCUT2D eigenvalue weighted by molar-refractivity contribution is 9.10. The van der Waals surface area contributed by atoms with Crippen LogP contribution in [0.5, 0.6) is 17.2 Å². The molecule has 0 saturated heterocycles. The quantitative estimate of drug-likeness (QED) is 0.861. The molecule has 1 aromatic rings. The zero-order valence-electron chi connectivity index (χ0n) is 9.71. The van der Waals surface area contributed by atoms with Gasteiger partial charge < -0.3 is 19.0 Å². The summed E-state index contributed by atoms with van der Waals surface area (Å²) in [4.78, 5) is 4.84.